The van der Waals surface area contributed by atoms with Crippen molar-refractivity contribution in [2.75, 3.05) is 20.2 Å². The molecule has 1 aliphatic rings. The van der Waals surface area contributed by atoms with E-state index in [0.29, 0.717) is 23.8 Å². The van der Waals surface area contributed by atoms with E-state index >= 15 is 0 Å². The molecule has 6 heteroatoms. The summed E-state index contributed by atoms with van der Waals surface area (Å²) in [5.74, 6) is -0.00555. The highest BCUT2D eigenvalue weighted by Gasteiger charge is 2.27. The SMILES string of the molecule is COc1cccc(C(=O)N2CCCC(C(N)=S)C2)c1O. The summed E-state index contributed by atoms with van der Waals surface area (Å²) in [6.07, 6.45) is 1.77. The van der Waals surface area contributed by atoms with Crippen LogP contribution >= 0.6 is 12.2 Å². The van der Waals surface area contributed by atoms with E-state index in [1.54, 1.807) is 23.1 Å². The number of hydrogen-bond acceptors (Lipinski definition) is 4. The molecule has 0 aromatic heterocycles. The summed E-state index contributed by atoms with van der Waals surface area (Å²) in [6.45, 7) is 1.15. The number of phenols is 1. The Morgan fingerprint density at radius 2 is 2.30 bits per heavy atom. The van der Waals surface area contributed by atoms with Gasteiger partial charge in [0.15, 0.2) is 11.5 Å². The van der Waals surface area contributed by atoms with E-state index in [-0.39, 0.29) is 23.1 Å². The number of hydrogen-bond donors (Lipinski definition) is 2. The van der Waals surface area contributed by atoms with Crippen LogP contribution in [0.4, 0.5) is 0 Å². The zero-order valence-corrected chi connectivity index (χ0v) is 12.2. The molecule has 1 saturated heterocycles. The molecule has 1 heterocycles. The maximum absolute atomic E-state index is 12.5. The molecule has 1 aromatic carbocycles. The number of methoxy groups -OCH3 is 1. The Hall–Kier alpha value is -1.82. The quantitative estimate of drug-likeness (QED) is 0.827. The van der Waals surface area contributed by atoms with Gasteiger partial charge in [-0.05, 0) is 25.0 Å². The molecule has 20 heavy (non-hydrogen) atoms. The van der Waals surface area contributed by atoms with Crippen molar-refractivity contribution in [3.8, 4) is 11.5 Å². The number of amides is 1. The first-order valence-corrected chi connectivity index (χ1v) is 6.90. The van der Waals surface area contributed by atoms with Crippen molar-refractivity contribution in [2.45, 2.75) is 12.8 Å². The Morgan fingerprint density at radius 3 is 2.95 bits per heavy atom. The van der Waals surface area contributed by atoms with Crippen molar-refractivity contribution >= 4 is 23.1 Å². The van der Waals surface area contributed by atoms with Crippen molar-refractivity contribution in [2.24, 2.45) is 11.7 Å². The van der Waals surface area contributed by atoms with E-state index in [0.717, 1.165) is 12.8 Å². The number of phenolic OH excluding ortho intramolecular Hbond substituents is 1. The van der Waals surface area contributed by atoms with Gasteiger partial charge in [-0.1, -0.05) is 18.3 Å². The first kappa shape index (κ1) is 14.6. The molecular weight excluding hydrogens is 276 g/mol. The van der Waals surface area contributed by atoms with E-state index in [1.165, 1.54) is 7.11 Å². The van der Waals surface area contributed by atoms with Gasteiger partial charge in [0.1, 0.15) is 0 Å². The molecule has 5 nitrogen and oxygen atoms in total. The van der Waals surface area contributed by atoms with E-state index < -0.39 is 0 Å². The molecule has 0 saturated carbocycles. The number of carbonyl (C=O) groups is 1. The Labute approximate surface area is 123 Å². The third kappa shape index (κ3) is 2.85. The Bertz CT molecular complexity index is 533. The van der Waals surface area contributed by atoms with E-state index in [2.05, 4.69) is 0 Å². The highest BCUT2D eigenvalue weighted by molar-refractivity contribution is 7.80. The molecule has 1 fully saturated rings. The number of likely N-dealkylation sites (tertiary alicyclic amines) is 1. The van der Waals surface area contributed by atoms with Crippen LogP contribution in [0.5, 0.6) is 11.5 Å². The number of thiocarbonyl (C=S) groups is 1. The van der Waals surface area contributed by atoms with Crippen LogP contribution in [0.2, 0.25) is 0 Å². The van der Waals surface area contributed by atoms with Crippen LogP contribution in [0, 0.1) is 5.92 Å². The summed E-state index contributed by atoms with van der Waals surface area (Å²) in [6, 6.07) is 4.88. The van der Waals surface area contributed by atoms with E-state index in [1.807, 2.05) is 0 Å². The molecule has 1 atom stereocenters. The number of piperidine rings is 1. The Kier molecular flexibility index (Phi) is 4.44. The molecular formula is C14H18N2O3S. The number of benzene rings is 1. The van der Waals surface area contributed by atoms with Crippen LogP contribution in [0.25, 0.3) is 0 Å². The standard InChI is InChI=1S/C14H18N2O3S/c1-19-11-6-2-5-10(12(11)17)14(18)16-7-3-4-9(8-16)13(15)20/h2,5-6,9,17H,3-4,7-8H2,1H3,(H2,15,20). The predicted octanol–water partition coefficient (Wildman–Crippen LogP) is 1.54. The molecule has 2 rings (SSSR count). The van der Waals surface area contributed by atoms with Crippen LogP contribution in [-0.4, -0.2) is 41.1 Å². The summed E-state index contributed by atoms with van der Waals surface area (Å²) in [5.41, 5.74) is 5.91. The van der Waals surface area contributed by atoms with Gasteiger partial charge in [-0.3, -0.25) is 4.79 Å². The topological polar surface area (TPSA) is 75.8 Å². The number of nitrogens with two attached hydrogens (primary N) is 1. The van der Waals surface area contributed by atoms with Crippen molar-refractivity contribution in [1.82, 2.24) is 4.90 Å². The highest BCUT2D eigenvalue weighted by Crippen LogP contribution is 2.31. The molecule has 1 aromatic rings. The largest absolute Gasteiger partial charge is 0.504 e. The lowest BCUT2D eigenvalue weighted by Crippen LogP contribution is -2.43. The first-order chi connectivity index (χ1) is 9.54. The minimum atomic E-state index is -0.220. The van der Waals surface area contributed by atoms with Gasteiger partial charge in [0.05, 0.1) is 17.7 Å². The van der Waals surface area contributed by atoms with Gasteiger partial charge in [0.2, 0.25) is 0 Å². The second-order valence-electron chi connectivity index (χ2n) is 4.85. The average Bonchev–Trinajstić information content (AvgIpc) is 2.47. The molecule has 0 spiro atoms. The second kappa shape index (κ2) is 6.09. The van der Waals surface area contributed by atoms with Gasteiger partial charge < -0.3 is 20.5 Å². The first-order valence-electron chi connectivity index (χ1n) is 6.49. The molecule has 0 radical (unpaired) electrons. The van der Waals surface area contributed by atoms with Gasteiger partial charge in [0, 0.05) is 19.0 Å². The lowest BCUT2D eigenvalue weighted by atomic mass is 9.97. The third-order valence-corrected chi connectivity index (χ3v) is 3.89. The summed E-state index contributed by atoms with van der Waals surface area (Å²) in [5, 5.41) is 10.0. The van der Waals surface area contributed by atoms with Crippen molar-refractivity contribution in [3.05, 3.63) is 23.8 Å². The van der Waals surface area contributed by atoms with Crippen LogP contribution < -0.4 is 10.5 Å². The van der Waals surface area contributed by atoms with E-state index in [9.17, 15) is 9.90 Å². The fourth-order valence-electron chi connectivity index (χ4n) is 2.42. The van der Waals surface area contributed by atoms with Crippen LogP contribution in [0.15, 0.2) is 18.2 Å². The third-order valence-electron chi connectivity index (χ3n) is 3.56. The maximum atomic E-state index is 12.5. The summed E-state index contributed by atoms with van der Waals surface area (Å²) < 4.78 is 5.02. The number of carbonyl (C=O) groups excluding carboxylic acids is 1. The molecule has 0 bridgehead atoms. The normalized spacial score (nSPS) is 18.6. The average molecular weight is 294 g/mol. The zero-order valence-electron chi connectivity index (χ0n) is 11.3. The van der Waals surface area contributed by atoms with Gasteiger partial charge in [-0.25, -0.2) is 0 Å². The number of aromatic hydroxyl groups is 1. The summed E-state index contributed by atoms with van der Waals surface area (Å²) in [4.78, 5) is 14.6. The maximum Gasteiger partial charge on any atom is 0.257 e. The minimum absolute atomic E-state index is 0.0513. The summed E-state index contributed by atoms with van der Waals surface area (Å²) in [7, 11) is 1.45. The molecule has 3 N–H and O–H groups in total. The lowest BCUT2D eigenvalue weighted by molar-refractivity contribution is 0.0700. The molecule has 1 unspecified atom stereocenters. The minimum Gasteiger partial charge on any atom is -0.504 e. The predicted molar refractivity (Wildman–Crippen MR) is 80.1 cm³/mol. The van der Waals surface area contributed by atoms with Crippen molar-refractivity contribution < 1.29 is 14.6 Å². The van der Waals surface area contributed by atoms with Crippen molar-refractivity contribution in [3.63, 3.8) is 0 Å². The number of para-hydroxylation sites is 1. The van der Waals surface area contributed by atoms with Gasteiger partial charge >= 0.3 is 0 Å². The van der Waals surface area contributed by atoms with E-state index in [4.69, 9.17) is 22.7 Å². The lowest BCUT2D eigenvalue weighted by Gasteiger charge is -2.32. The summed E-state index contributed by atoms with van der Waals surface area (Å²) >= 11 is 5.01. The Balaban J connectivity index is 2.21. The second-order valence-corrected chi connectivity index (χ2v) is 5.32. The van der Waals surface area contributed by atoms with Crippen LogP contribution in [-0.2, 0) is 0 Å². The fraction of sp³-hybridized carbons (Fsp3) is 0.429. The van der Waals surface area contributed by atoms with Crippen molar-refractivity contribution in [1.29, 1.82) is 0 Å². The Morgan fingerprint density at radius 1 is 1.55 bits per heavy atom. The molecule has 108 valence electrons. The monoisotopic (exact) mass is 294 g/mol. The molecule has 1 amide bonds. The van der Waals surface area contributed by atoms with Gasteiger partial charge in [0.25, 0.3) is 5.91 Å². The van der Waals surface area contributed by atoms with Gasteiger partial charge in [-0.15, -0.1) is 0 Å². The van der Waals surface area contributed by atoms with Crippen LogP contribution in [0.3, 0.4) is 0 Å². The highest BCUT2D eigenvalue weighted by atomic mass is 32.1. The van der Waals surface area contributed by atoms with Crippen LogP contribution in [0.1, 0.15) is 23.2 Å². The molecule has 1 aliphatic heterocycles. The smallest absolute Gasteiger partial charge is 0.257 e. The number of ether oxygens (including phenoxy) is 1. The molecule has 0 aliphatic carbocycles. The number of rotatable bonds is 3. The van der Waals surface area contributed by atoms with Gasteiger partial charge in [-0.2, -0.15) is 0 Å². The fourth-order valence-corrected chi connectivity index (χ4v) is 2.62. The zero-order chi connectivity index (χ0) is 14.7. The number of nitrogens with zero attached hydrogens (tertiary/aromatic N) is 1.